The van der Waals surface area contributed by atoms with Gasteiger partial charge in [-0.2, -0.15) is 5.26 Å². The predicted octanol–water partition coefficient (Wildman–Crippen LogP) is 3.46. The summed E-state index contributed by atoms with van der Waals surface area (Å²) in [5, 5.41) is 9.67. The van der Waals surface area contributed by atoms with Crippen molar-refractivity contribution < 1.29 is 0 Å². The Morgan fingerprint density at radius 3 is 2.50 bits per heavy atom. The van der Waals surface area contributed by atoms with E-state index in [1.54, 1.807) is 18.2 Å². The van der Waals surface area contributed by atoms with E-state index in [4.69, 9.17) is 22.6 Å². The molecule has 2 N–H and O–H groups in total. The molecule has 0 aliphatic heterocycles. The maximum absolute atomic E-state index is 9.05. The molecule has 0 amide bonds. The average molecular weight is 229 g/mol. The molecule has 0 aromatic heterocycles. The molecule has 2 nitrogen and oxygen atoms in total. The third kappa shape index (κ3) is 1.86. The number of hydrogen-bond donors (Lipinski definition) is 1. The summed E-state index contributed by atoms with van der Waals surface area (Å²) in [6.07, 6.45) is 0. The van der Waals surface area contributed by atoms with Gasteiger partial charge in [-0.1, -0.05) is 35.9 Å². The van der Waals surface area contributed by atoms with Crippen LogP contribution in [0.1, 0.15) is 5.56 Å². The summed E-state index contributed by atoms with van der Waals surface area (Å²) in [4.78, 5) is 0. The van der Waals surface area contributed by atoms with E-state index in [-0.39, 0.29) is 0 Å². The molecule has 0 saturated heterocycles. The van der Waals surface area contributed by atoms with Gasteiger partial charge in [0.15, 0.2) is 0 Å². The highest BCUT2D eigenvalue weighted by Crippen LogP contribution is 2.30. The molecular formula is C13H9ClN2. The van der Waals surface area contributed by atoms with E-state index in [1.807, 2.05) is 24.3 Å². The normalized spacial score (nSPS) is 9.75. The number of nitrogens with zero attached hydrogens (tertiary/aromatic N) is 1. The molecule has 0 radical (unpaired) electrons. The topological polar surface area (TPSA) is 49.8 Å². The van der Waals surface area contributed by atoms with Gasteiger partial charge in [-0.25, -0.2) is 0 Å². The van der Waals surface area contributed by atoms with E-state index in [1.165, 1.54) is 0 Å². The lowest BCUT2D eigenvalue weighted by atomic mass is 10.00. The number of rotatable bonds is 1. The van der Waals surface area contributed by atoms with Gasteiger partial charge in [-0.3, -0.25) is 0 Å². The summed E-state index contributed by atoms with van der Waals surface area (Å²) in [6.45, 7) is 0. The third-order valence-electron chi connectivity index (χ3n) is 2.33. The van der Waals surface area contributed by atoms with Gasteiger partial charge < -0.3 is 5.73 Å². The van der Waals surface area contributed by atoms with Crippen molar-refractivity contribution in [3.63, 3.8) is 0 Å². The number of nitrogens with two attached hydrogens (primary N) is 1. The van der Waals surface area contributed by atoms with Crippen LogP contribution < -0.4 is 5.73 Å². The average Bonchev–Trinajstić information content (AvgIpc) is 2.30. The minimum absolute atomic E-state index is 0.535. The number of hydrogen-bond acceptors (Lipinski definition) is 2. The van der Waals surface area contributed by atoms with Crippen LogP contribution in [0.3, 0.4) is 0 Å². The molecular weight excluding hydrogens is 220 g/mol. The minimum atomic E-state index is 0.535. The van der Waals surface area contributed by atoms with Crippen LogP contribution >= 0.6 is 11.6 Å². The van der Waals surface area contributed by atoms with Gasteiger partial charge in [0.05, 0.1) is 11.6 Å². The molecule has 0 saturated carbocycles. The van der Waals surface area contributed by atoms with Gasteiger partial charge in [0.1, 0.15) is 0 Å². The molecule has 0 bridgehead atoms. The van der Waals surface area contributed by atoms with Gasteiger partial charge >= 0.3 is 0 Å². The van der Waals surface area contributed by atoms with Gasteiger partial charge in [-0.05, 0) is 18.2 Å². The first-order chi connectivity index (χ1) is 7.72. The zero-order valence-corrected chi connectivity index (χ0v) is 9.20. The fourth-order valence-electron chi connectivity index (χ4n) is 1.57. The van der Waals surface area contributed by atoms with Crippen molar-refractivity contribution in [2.75, 3.05) is 5.73 Å². The summed E-state index contributed by atoms with van der Waals surface area (Å²) >= 11 is 6.09. The monoisotopic (exact) mass is 228 g/mol. The van der Waals surface area contributed by atoms with Crippen LogP contribution in [0, 0.1) is 11.3 Å². The molecule has 0 aliphatic carbocycles. The first-order valence-electron chi connectivity index (χ1n) is 4.77. The standard InChI is InChI=1S/C13H9ClN2/c14-13-4-2-1-3-12(13)11-6-5-10(16)7-9(11)8-15/h1-7H,16H2. The summed E-state index contributed by atoms with van der Waals surface area (Å²) in [7, 11) is 0. The van der Waals surface area contributed by atoms with Crippen LogP contribution in [0.5, 0.6) is 0 Å². The van der Waals surface area contributed by atoms with E-state index < -0.39 is 0 Å². The summed E-state index contributed by atoms with van der Waals surface area (Å²) in [5.41, 5.74) is 8.40. The van der Waals surface area contributed by atoms with Crippen LogP contribution in [0.4, 0.5) is 5.69 Å². The quantitative estimate of drug-likeness (QED) is 0.760. The molecule has 3 heteroatoms. The maximum atomic E-state index is 9.05. The maximum Gasteiger partial charge on any atom is 0.0998 e. The van der Waals surface area contributed by atoms with E-state index in [9.17, 15) is 0 Å². The van der Waals surface area contributed by atoms with Crippen LogP contribution in [0.15, 0.2) is 42.5 Å². The SMILES string of the molecule is N#Cc1cc(N)ccc1-c1ccccc1Cl. The van der Waals surface area contributed by atoms with Crippen molar-refractivity contribution in [2.45, 2.75) is 0 Å². The van der Waals surface area contributed by atoms with Crippen molar-refractivity contribution in [3.05, 3.63) is 53.1 Å². The van der Waals surface area contributed by atoms with Crippen LogP contribution in [-0.4, -0.2) is 0 Å². The predicted molar refractivity (Wildman–Crippen MR) is 66.0 cm³/mol. The Balaban J connectivity index is 2.66. The number of benzene rings is 2. The molecule has 2 aromatic rings. The van der Waals surface area contributed by atoms with Crippen LogP contribution in [0.25, 0.3) is 11.1 Å². The van der Waals surface area contributed by atoms with Gasteiger partial charge in [-0.15, -0.1) is 0 Å². The second-order valence-electron chi connectivity index (χ2n) is 3.40. The highest BCUT2D eigenvalue weighted by molar-refractivity contribution is 6.33. The highest BCUT2D eigenvalue weighted by Gasteiger charge is 2.07. The Morgan fingerprint density at radius 2 is 1.81 bits per heavy atom. The molecule has 0 spiro atoms. The number of anilines is 1. The van der Waals surface area contributed by atoms with Crippen molar-refractivity contribution >= 4 is 17.3 Å². The number of nitrogen functional groups attached to an aromatic ring is 1. The van der Waals surface area contributed by atoms with Crippen molar-refractivity contribution in [1.29, 1.82) is 5.26 Å². The second kappa shape index (κ2) is 4.26. The largest absolute Gasteiger partial charge is 0.399 e. The van der Waals surface area contributed by atoms with Crippen LogP contribution in [-0.2, 0) is 0 Å². The van der Waals surface area contributed by atoms with E-state index in [2.05, 4.69) is 6.07 Å². The first kappa shape index (κ1) is 10.5. The molecule has 0 atom stereocenters. The molecule has 78 valence electrons. The van der Waals surface area contributed by atoms with Gasteiger partial charge in [0, 0.05) is 21.8 Å². The molecule has 2 rings (SSSR count). The molecule has 0 heterocycles. The minimum Gasteiger partial charge on any atom is -0.399 e. The summed E-state index contributed by atoms with van der Waals surface area (Å²) in [6, 6.07) is 14.8. The fraction of sp³-hybridized carbons (Fsp3) is 0. The molecule has 0 unspecified atom stereocenters. The Hall–Kier alpha value is -1.98. The van der Waals surface area contributed by atoms with Crippen molar-refractivity contribution in [3.8, 4) is 17.2 Å². The zero-order chi connectivity index (χ0) is 11.5. The fourth-order valence-corrected chi connectivity index (χ4v) is 1.81. The lowest BCUT2D eigenvalue weighted by Gasteiger charge is -2.06. The van der Waals surface area contributed by atoms with E-state index in [0.717, 1.165) is 11.1 Å². The highest BCUT2D eigenvalue weighted by atomic mass is 35.5. The smallest absolute Gasteiger partial charge is 0.0998 e. The van der Waals surface area contributed by atoms with Crippen molar-refractivity contribution in [2.24, 2.45) is 0 Å². The molecule has 0 aliphatic rings. The summed E-state index contributed by atoms with van der Waals surface area (Å²) in [5.74, 6) is 0. The third-order valence-corrected chi connectivity index (χ3v) is 2.66. The van der Waals surface area contributed by atoms with Crippen LogP contribution in [0.2, 0.25) is 5.02 Å². The van der Waals surface area contributed by atoms with Crippen molar-refractivity contribution in [1.82, 2.24) is 0 Å². The zero-order valence-electron chi connectivity index (χ0n) is 8.44. The Morgan fingerprint density at radius 1 is 1.06 bits per heavy atom. The lowest BCUT2D eigenvalue weighted by molar-refractivity contribution is 1.48. The van der Waals surface area contributed by atoms with E-state index >= 15 is 0 Å². The lowest BCUT2D eigenvalue weighted by Crippen LogP contribution is -1.89. The number of halogens is 1. The Labute approximate surface area is 98.9 Å². The second-order valence-corrected chi connectivity index (χ2v) is 3.80. The first-order valence-corrected chi connectivity index (χ1v) is 5.14. The molecule has 16 heavy (non-hydrogen) atoms. The Kier molecular flexibility index (Phi) is 2.80. The van der Waals surface area contributed by atoms with Gasteiger partial charge in [0.2, 0.25) is 0 Å². The summed E-state index contributed by atoms with van der Waals surface area (Å²) < 4.78 is 0. The number of nitriles is 1. The van der Waals surface area contributed by atoms with E-state index in [0.29, 0.717) is 16.3 Å². The van der Waals surface area contributed by atoms with Gasteiger partial charge in [0.25, 0.3) is 0 Å². The molecule has 0 fully saturated rings. The molecule has 2 aromatic carbocycles. The Bertz CT molecular complexity index is 570.